The lowest BCUT2D eigenvalue weighted by atomic mass is 10.2. The second kappa shape index (κ2) is 8.61. The zero-order valence-corrected chi connectivity index (χ0v) is 18.1. The lowest BCUT2D eigenvalue weighted by Gasteiger charge is -2.07. The van der Waals surface area contributed by atoms with Crippen molar-refractivity contribution in [2.75, 3.05) is 7.11 Å². The monoisotopic (exact) mass is 436 g/mol. The molecule has 0 aliphatic heterocycles. The molecule has 2 aromatic heterocycles. The van der Waals surface area contributed by atoms with Crippen LogP contribution in [-0.4, -0.2) is 38.0 Å². The molecule has 0 fully saturated rings. The molecule has 8 nitrogen and oxygen atoms in total. The number of aromatic amines is 1. The Balaban J connectivity index is 1.40. The topological polar surface area (TPSA) is 97.7 Å². The van der Waals surface area contributed by atoms with Crippen LogP contribution in [-0.2, 0) is 6.54 Å². The SMILES string of the molecule is COc1ccc(-c2n[nH]c(CNC(=O)c3ccc(-n4nc(C)c(Cl)c4C)cc3)n2)cc1. The third-order valence-corrected chi connectivity index (χ3v) is 5.42. The van der Waals surface area contributed by atoms with Crippen molar-refractivity contribution in [3.05, 3.63) is 76.3 Å². The summed E-state index contributed by atoms with van der Waals surface area (Å²) in [6.45, 7) is 3.99. The molecule has 9 heteroatoms. The number of benzene rings is 2. The van der Waals surface area contributed by atoms with Gasteiger partial charge >= 0.3 is 0 Å². The normalized spacial score (nSPS) is 10.8. The van der Waals surface area contributed by atoms with Gasteiger partial charge in [0.2, 0.25) is 0 Å². The molecule has 0 aliphatic carbocycles. The van der Waals surface area contributed by atoms with Crippen molar-refractivity contribution >= 4 is 17.5 Å². The summed E-state index contributed by atoms with van der Waals surface area (Å²) >= 11 is 6.22. The van der Waals surface area contributed by atoms with Gasteiger partial charge in [-0.3, -0.25) is 9.89 Å². The number of halogens is 1. The van der Waals surface area contributed by atoms with Gasteiger partial charge in [-0.1, -0.05) is 11.6 Å². The minimum absolute atomic E-state index is 0.208. The summed E-state index contributed by atoms with van der Waals surface area (Å²) in [6.07, 6.45) is 0. The molecule has 0 saturated heterocycles. The third-order valence-electron chi connectivity index (χ3n) is 4.87. The molecule has 2 N–H and O–H groups in total. The first-order valence-corrected chi connectivity index (χ1v) is 10.00. The van der Waals surface area contributed by atoms with Crippen molar-refractivity contribution in [1.29, 1.82) is 0 Å². The molecular formula is C22H21ClN6O2. The highest BCUT2D eigenvalue weighted by Gasteiger charge is 2.12. The van der Waals surface area contributed by atoms with Crippen LogP contribution >= 0.6 is 11.6 Å². The van der Waals surface area contributed by atoms with Gasteiger partial charge in [-0.05, 0) is 62.4 Å². The van der Waals surface area contributed by atoms with Crippen LogP contribution in [0.1, 0.15) is 27.6 Å². The average Bonchev–Trinajstić information content (AvgIpc) is 3.38. The Morgan fingerprint density at radius 2 is 1.84 bits per heavy atom. The first kappa shape index (κ1) is 20.6. The Morgan fingerprint density at radius 1 is 1.13 bits per heavy atom. The third kappa shape index (κ3) is 4.29. The maximum Gasteiger partial charge on any atom is 0.251 e. The molecule has 4 aromatic rings. The number of carbonyl (C=O) groups excluding carboxylic acids is 1. The van der Waals surface area contributed by atoms with Crippen LogP contribution in [0.3, 0.4) is 0 Å². The minimum atomic E-state index is -0.208. The van der Waals surface area contributed by atoms with Crippen molar-refractivity contribution in [3.8, 4) is 22.8 Å². The molecule has 2 aromatic carbocycles. The number of hydrogen-bond donors (Lipinski definition) is 2. The maximum atomic E-state index is 12.5. The number of H-pyrrole nitrogens is 1. The Bertz CT molecular complexity index is 1210. The summed E-state index contributed by atoms with van der Waals surface area (Å²) in [6, 6.07) is 14.6. The number of aryl methyl sites for hydroxylation is 1. The summed E-state index contributed by atoms with van der Waals surface area (Å²) in [4.78, 5) is 16.9. The second-order valence-electron chi connectivity index (χ2n) is 6.96. The molecule has 0 radical (unpaired) electrons. The van der Waals surface area contributed by atoms with Crippen molar-refractivity contribution < 1.29 is 9.53 Å². The van der Waals surface area contributed by atoms with Crippen LogP contribution in [0.15, 0.2) is 48.5 Å². The van der Waals surface area contributed by atoms with Crippen LogP contribution in [0.2, 0.25) is 5.02 Å². The number of aromatic nitrogens is 5. The molecule has 0 aliphatic rings. The van der Waals surface area contributed by atoms with E-state index in [1.165, 1.54) is 0 Å². The van der Waals surface area contributed by atoms with E-state index in [9.17, 15) is 4.79 Å². The van der Waals surface area contributed by atoms with Crippen LogP contribution in [0.25, 0.3) is 17.1 Å². The smallest absolute Gasteiger partial charge is 0.251 e. The van der Waals surface area contributed by atoms with Gasteiger partial charge in [-0.2, -0.15) is 10.2 Å². The average molecular weight is 437 g/mol. The largest absolute Gasteiger partial charge is 0.497 e. The van der Waals surface area contributed by atoms with Gasteiger partial charge in [-0.25, -0.2) is 9.67 Å². The van der Waals surface area contributed by atoms with Gasteiger partial charge < -0.3 is 10.1 Å². The van der Waals surface area contributed by atoms with Crippen molar-refractivity contribution in [2.45, 2.75) is 20.4 Å². The summed E-state index contributed by atoms with van der Waals surface area (Å²) in [5.41, 5.74) is 3.85. The van der Waals surface area contributed by atoms with E-state index in [0.29, 0.717) is 22.2 Å². The van der Waals surface area contributed by atoms with E-state index in [0.717, 1.165) is 28.4 Å². The number of rotatable bonds is 6. The van der Waals surface area contributed by atoms with Gasteiger partial charge in [0.25, 0.3) is 5.91 Å². The van der Waals surface area contributed by atoms with E-state index >= 15 is 0 Å². The number of ether oxygens (including phenoxy) is 1. The minimum Gasteiger partial charge on any atom is -0.497 e. The fourth-order valence-electron chi connectivity index (χ4n) is 3.14. The molecule has 0 saturated carbocycles. The number of amides is 1. The van der Waals surface area contributed by atoms with E-state index in [4.69, 9.17) is 16.3 Å². The van der Waals surface area contributed by atoms with E-state index < -0.39 is 0 Å². The molecule has 0 atom stereocenters. The first-order valence-electron chi connectivity index (χ1n) is 9.62. The highest BCUT2D eigenvalue weighted by atomic mass is 35.5. The number of nitrogens with one attached hydrogen (secondary N) is 2. The predicted octanol–water partition coefficient (Wildman–Crippen LogP) is 3.87. The van der Waals surface area contributed by atoms with Gasteiger partial charge in [0.1, 0.15) is 11.6 Å². The van der Waals surface area contributed by atoms with Crippen molar-refractivity contribution in [2.24, 2.45) is 0 Å². The summed E-state index contributed by atoms with van der Waals surface area (Å²) < 4.78 is 6.91. The Morgan fingerprint density at radius 3 is 2.45 bits per heavy atom. The Labute approximate surface area is 184 Å². The van der Waals surface area contributed by atoms with Gasteiger partial charge in [0.15, 0.2) is 5.82 Å². The maximum absolute atomic E-state index is 12.5. The lowest BCUT2D eigenvalue weighted by molar-refractivity contribution is 0.0950. The molecule has 0 bridgehead atoms. The van der Waals surface area contributed by atoms with Crippen LogP contribution in [0.4, 0.5) is 0 Å². The van der Waals surface area contributed by atoms with Crippen molar-refractivity contribution in [3.63, 3.8) is 0 Å². The van der Waals surface area contributed by atoms with E-state index in [2.05, 4.69) is 25.6 Å². The van der Waals surface area contributed by atoms with E-state index in [1.54, 1.807) is 23.9 Å². The Kier molecular flexibility index (Phi) is 5.73. The van der Waals surface area contributed by atoms with Gasteiger partial charge in [0.05, 0.1) is 35.8 Å². The molecular weight excluding hydrogens is 416 g/mol. The highest BCUT2D eigenvalue weighted by Crippen LogP contribution is 2.22. The number of carbonyl (C=O) groups is 1. The van der Waals surface area contributed by atoms with Gasteiger partial charge in [0, 0.05) is 11.1 Å². The molecule has 4 rings (SSSR count). The predicted molar refractivity (Wildman–Crippen MR) is 118 cm³/mol. The molecule has 1 amide bonds. The number of nitrogens with zero attached hydrogens (tertiary/aromatic N) is 4. The van der Waals surface area contributed by atoms with Crippen molar-refractivity contribution in [1.82, 2.24) is 30.3 Å². The summed E-state index contributed by atoms with van der Waals surface area (Å²) in [7, 11) is 1.62. The van der Waals surface area contributed by atoms with Crippen LogP contribution in [0, 0.1) is 13.8 Å². The second-order valence-corrected chi connectivity index (χ2v) is 7.34. The number of hydrogen-bond acceptors (Lipinski definition) is 5. The zero-order valence-electron chi connectivity index (χ0n) is 17.3. The quantitative estimate of drug-likeness (QED) is 0.478. The number of methoxy groups -OCH3 is 1. The molecule has 158 valence electrons. The fraction of sp³-hybridized carbons (Fsp3) is 0.182. The van der Waals surface area contributed by atoms with E-state index in [1.807, 2.05) is 50.2 Å². The van der Waals surface area contributed by atoms with Crippen LogP contribution in [0.5, 0.6) is 5.75 Å². The zero-order chi connectivity index (χ0) is 22.0. The first-order chi connectivity index (χ1) is 15.0. The van der Waals surface area contributed by atoms with Gasteiger partial charge in [-0.15, -0.1) is 0 Å². The van der Waals surface area contributed by atoms with Crippen LogP contribution < -0.4 is 10.1 Å². The molecule has 0 unspecified atom stereocenters. The molecule has 31 heavy (non-hydrogen) atoms. The summed E-state index contributed by atoms with van der Waals surface area (Å²) in [5.74, 6) is 1.67. The van der Waals surface area contributed by atoms with E-state index in [-0.39, 0.29) is 12.5 Å². The molecule has 0 spiro atoms. The fourth-order valence-corrected chi connectivity index (χ4v) is 3.26. The molecule has 2 heterocycles. The standard InChI is InChI=1S/C22H21ClN6O2/c1-13-20(23)14(2)29(28-13)17-8-4-16(5-9-17)22(30)24-12-19-25-21(27-26-19)15-6-10-18(31-3)11-7-15/h4-11H,12H2,1-3H3,(H,24,30)(H,25,26,27). The Hall–Kier alpha value is -3.65. The summed E-state index contributed by atoms with van der Waals surface area (Å²) in [5, 5.41) is 15.0. The lowest BCUT2D eigenvalue weighted by Crippen LogP contribution is -2.23. The highest BCUT2D eigenvalue weighted by molar-refractivity contribution is 6.31.